The average Bonchev–Trinajstić information content (AvgIpc) is 2.00. The monoisotopic (exact) mass is 223 g/mol. The highest BCUT2D eigenvalue weighted by Gasteiger charge is 2.54. The van der Waals surface area contributed by atoms with E-state index in [4.69, 9.17) is 5.11 Å². The lowest BCUT2D eigenvalue weighted by molar-refractivity contribution is -0.249. The van der Waals surface area contributed by atoms with Crippen LogP contribution in [-0.2, 0) is 0 Å². The van der Waals surface area contributed by atoms with E-state index in [2.05, 4.69) is 0 Å². The molecule has 0 radical (unpaired) electrons. The summed E-state index contributed by atoms with van der Waals surface area (Å²) in [4.78, 5) is 0. The standard InChI is InChI=1S/C9H12F3NO2/c1-5-3-8(15,9(10,11)12)13-6(2)7(5)4-14/h3,13-15H,4H2,1-2H3. The van der Waals surface area contributed by atoms with Crippen molar-refractivity contribution in [1.29, 1.82) is 0 Å². The molecule has 0 bridgehead atoms. The Labute approximate surface area is 84.9 Å². The lowest BCUT2D eigenvalue weighted by Crippen LogP contribution is -2.56. The van der Waals surface area contributed by atoms with Crippen LogP contribution in [0.5, 0.6) is 0 Å². The normalized spacial score (nSPS) is 27.5. The van der Waals surface area contributed by atoms with Crippen LogP contribution in [-0.4, -0.2) is 28.7 Å². The van der Waals surface area contributed by atoms with E-state index in [9.17, 15) is 18.3 Å². The first kappa shape index (κ1) is 12.1. The van der Waals surface area contributed by atoms with E-state index in [1.54, 1.807) is 0 Å². The van der Waals surface area contributed by atoms with E-state index in [0.717, 1.165) is 0 Å². The number of aliphatic hydroxyl groups excluding tert-OH is 1. The lowest BCUT2D eigenvalue weighted by atomic mass is 9.97. The number of dihydropyridines is 1. The summed E-state index contributed by atoms with van der Waals surface area (Å²) in [5, 5.41) is 20.2. The van der Waals surface area contributed by atoms with Gasteiger partial charge in [-0.2, -0.15) is 13.2 Å². The molecular weight excluding hydrogens is 211 g/mol. The van der Waals surface area contributed by atoms with E-state index in [0.29, 0.717) is 11.6 Å². The van der Waals surface area contributed by atoms with Crippen molar-refractivity contribution >= 4 is 0 Å². The van der Waals surface area contributed by atoms with Crippen molar-refractivity contribution in [2.45, 2.75) is 25.7 Å². The van der Waals surface area contributed by atoms with Gasteiger partial charge in [0, 0.05) is 5.70 Å². The van der Waals surface area contributed by atoms with Crippen molar-refractivity contribution in [2.75, 3.05) is 6.61 Å². The van der Waals surface area contributed by atoms with Crippen molar-refractivity contribution in [3.63, 3.8) is 0 Å². The van der Waals surface area contributed by atoms with E-state index in [-0.39, 0.29) is 17.9 Å². The zero-order valence-electron chi connectivity index (χ0n) is 8.31. The van der Waals surface area contributed by atoms with Crippen molar-refractivity contribution in [1.82, 2.24) is 5.32 Å². The highest BCUT2D eigenvalue weighted by atomic mass is 19.4. The molecule has 1 unspecified atom stereocenters. The third-order valence-corrected chi connectivity index (χ3v) is 2.32. The van der Waals surface area contributed by atoms with E-state index >= 15 is 0 Å². The molecule has 0 saturated carbocycles. The summed E-state index contributed by atoms with van der Waals surface area (Å²) in [5.74, 6) is 0. The molecular formula is C9H12F3NO2. The SMILES string of the molecule is CC1=CC(O)(C(F)(F)F)NC(C)=C1CO. The number of aliphatic hydroxyl groups is 2. The number of hydrogen-bond donors (Lipinski definition) is 3. The molecule has 0 aliphatic carbocycles. The molecule has 0 saturated heterocycles. The maximum Gasteiger partial charge on any atom is 0.440 e. The summed E-state index contributed by atoms with van der Waals surface area (Å²) in [6, 6.07) is 0. The van der Waals surface area contributed by atoms with Crippen LogP contribution >= 0.6 is 0 Å². The highest BCUT2D eigenvalue weighted by molar-refractivity contribution is 5.39. The predicted molar refractivity (Wildman–Crippen MR) is 47.7 cm³/mol. The Morgan fingerprint density at radius 2 is 1.93 bits per heavy atom. The summed E-state index contributed by atoms with van der Waals surface area (Å²) < 4.78 is 37.4. The minimum atomic E-state index is -4.80. The van der Waals surface area contributed by atoms with Crippen molar-refractivity contribution in [3.05, 3.63) is 22.9 Å². The van der Waals surface area contributed by atoms with Crippen LogP contribution in [0.15, 0.2) is 22.9 Å². The van der Waals surface area contributed by atoms with Crippen molar-refractivity contribution in [3.8, 4) is 0 Å². The summed E-state index contributed by atoms with van der Waals surface area (Å²) in [7, 11) is 0. The number of halogens is 3. The Bertz CT molecular complexity index is 333. The van der Waals surface area contributed by atoms with Gasteiger partial charge < -0.3 is 15.5 Å². The van der Waals surface area contributed by atoms with Crippen LogP contribution in [0.25, 0.3) is 0 Å². The third kappa shape index (κ3) is 2.00. The van der Waals surface area contributed by atoms with Gasteiger partial charge in [-0.1, -0.05) is 0 Å². The molecule has 0 aromatic rings. The van der Waals surface area contributed by atoms with Gasteiger partial charge in [0.15, 0.2) is 0 Å². The summed E-state index contributed by atoms with van der Waals surface area (Å²) in [6.45, 7) is 2.42. The minimum absolute atomic E-state index is 0.123. The fourth-order valence-corrected chi connectivity index (χ4v) is 1.49. The number of hydrogen-bond acceptors (Lipinski definition) is 3. The van der Waals surface area contributed by atoms with Crippen molar-refractivity contribution < 1.29 is 23.4 Å². The van der Waals surface area contributed by atoms with Crippen LogP contribution in [0.2, 0.25) is 0 Å². The number of rotatable bonds is 1. The molecule has 3 nitrogen and oxygen atoms in total. The molecule has 15 heavy (non-hydrogen) atoms. The van der Waals surface area contributed by atoms with Crippen LogP contribution in [0.3, 0.4) is 0 Å². The molecule has 0 fully saturated rings. The number of alkyl halides is 3. The Morgan fingerprint density at radius 1 is 1.40 bits per heavy atom. The minimum Gasteiger partial charge on any atom is -0.392 e. The zero-order valence-corrected chi connectivity index (χ0v) is 8.31. The van der Waals surface area contributed by atoms with Gasteiger partial charge in [-0.15, -0.1) is 0 Å². The number of nitrogens with one attached hydrogen (secondary N) is 1. The Hall–Kier alpha value is -1.01. The molecule has 1 atom stereocenters. The maximum absolute atomic E-state index is 12.5. The molecule has 3 N–H and O–H groups in total. The second kappa shape index (κ2) is 3.53. The van der Waals surface area contributed by atoms with Gasteiger partial charge in [-0.3, -0.25) is 0 Å². The molecule has 0 amide bonds. The van der Waals surface area contributed by atoms with Gasteiger partial charge in [-0.05, 0) is 31.1 Å². The highest BCUT2D eigenvalue weighted by Crippen LogP contribution is 2.35. The lowest BCUT2D eigenvalue weighted by Gasteiger charge is -2.34. The van der Waals surface area contributed by atoms with Crippen molar-refractivity contribution in [2.24, 2.45) is 0 Å². The molecule has 1 rings (SSSR count). The first-order valence-corrected chi connectivity index (χ1v) is 4.29. The molecule has 1 aliphatic rings. The topological polar surface area (TPSA) is 52.5 Å². The fourth-order valence-electron chi connectivity index (χ4n) is 1.49. The van der Waals surface area contributed by atoms with Gasteiger partial charge in [0.2, 0.25) is 0 Å². The molecule has 86 valence electrons. The zero-order chi connectivity index (χ0) is 11.9. The molecule has 0 spiro atoms. The van der Waals surface area contributed by atoms with Crippen LogP contribution in [0, 0.1) is 0 Å². The first-order chi connectivity index (χ1) is 6.71. The first-order valence-electron chi connectivity index (χ1n) is 4.29. The largest absolute Gasteiger partial charge is 0.440 e. The fraction of sp³-hybridized carbons (Fsp3) is 0.556. The molecule has 0 aromatic heterocycles. The van der Waals surface area contributed by atoms with Gasteiger partial charge in [0.05, 0.1) is 6.61 Å². The van der Waals surface area contributed by atoms with Gasteiger partial charge in [0.1, 0.15) is 0 Å². The second-order valence-corrected chi connectivity index (χ2v) is 3.48. The molecule has 6 heteroatoms. The smallest absolute Gasteiger partial charge is 0.392 e. The average molecular weight is 223 g/mol. The summed E-state index contributed by atoms with van der Waals surface area (Å²) in [6.07, 6.45) is -4.14. The van der Waals surface area contributed by atoms with Gasteiger partial charge >= 0.3 is 6.18 Å². The Kier molecular flexibility index (Phi) is 2.84. The van der Waals surface area contributed by atoms with Gasteiger partial charge in [-0.25, -0.2) is 0 Å². The number of allylic oxidation sites excluding steroid dienone is 1. The quantitative estimate of drug-likeness (QED) is 0.623. The summed E-state index contributed by atoms with van der Waals surface area (Å²) in [5.41, 5.74) is -2.34. The van der Waals surface area contributed by atoms with E-state index in [1.807, 2.05) is 5.32 Å². The molecule has 0 aromatic carbocycles. The Balaban J connectivity index is 3.13. The molecule has 1 heterocycles. The maximum atomic E-state index is 12.5. The Morgan fingerprint density at radius 3 is 2.27 bits per heavy atom. The van der Waals surface area contributed by atoms with Gasteiger partial charge in [0.25, 0.3) is 5.72 Å². The predicted octanol–water partition coefficient (Wildman–Crippen LogP) is 1.05. The molecule has 1 aliphatic heterocycles. The summed E-state index contributed by atoms with van der Waals surface area (Å²) >= 11 is 0. The van der Waals surface area contributed by atoms with Crippen LogP contribution in [0.4, 0.5) is 13.2 Å². The van der Waals surface area contributed by atoms with E-state index < -0.39 is 11.9 Å². The second-order valence-electron chi connectivity index (χ2n) is 3.48. The van der Waals surface area contributed by atoms with Crippen LogP contribution in [0.1, 0.15) is 13.8 Å². The van der Waals surface area contributed by atoms with E-state index in [1.165, 1.54) is 13.8 Å². The third-order valence-electron chi connectivity index (χ3n) is 2.32. The van der Waals surface area contributed by atoms with Crippen LogP contribution < -0.4 is 5.32 Å².